The average Bonchev–Trinajstić information content (AvgIpc) is 2.34. The lowest BCUT2D eigenvalue weighted by Gasteiger charge is -2.09. The third-order valence-corrected chi connectivity index (χ3v) is 3.11. The molecular weight excluding hydrogens is 336 g/mol. The molecule has 0 unspecified atom stereocenters. The van der Waals surface area contributed by atoms with E-state index in [0.717, 1.165) is 4.47 Å². The van der Waals surface area contributed by atoms with Crippen molar-refractivity contribution in [3.05, 3.63) is 56.0 Å². The van der Waals surface area contributed by atoms with Gasteiger partial charge in [-0.3, -0.25) is 10.1 Å². The second-order valence-electron chi connectivity index (χ2n) is 3.66. The number of nitro benzene ring substituents is 1. The predicted molar refractivity (Wildman–Crippen MR) is 76.7 cm³/mol. The highest BCUT2D eigenvalue weighted by molar-refractivity contribution is 9.10. The summed E-state index contributed by atoms with van der Waals surface area (Å²) in [6, 6.07) is 9.11. The molecule has 19 heavy (non-hydrogen) atoms. The first-order valence-corrected chi connectivity index (χ1v) is 6.31. The van der Waals surface area contributed by atoms with Crippen LogP contribution in [0.4, 0.5) is 11.4 Å². The van der Waals surface area contributed by atoms with Crippen LogP contribution >= 0.6 is 27.5 Å². The number of nitro groups is 1. The van der Waals surface area contributed by atoms with Crippen molar-refractivity contribution >= 4 is 38.9 Å². The maximum absolute atomic E-state index is 10.6. The van der Waals surface area contributed by atoms with Gasteiger partial charge in [-0.25, -0.2) is 0 Å². The van der Waals surface area contributed by atoms with E-state index in [-0.39, 0.29) is 11.4 Å². The van der Waals surface area contributed by atoms with Crippen LogP contribution in [0.1, 0.15) is 0 Å². The van der Waals surface area contributed by atoms with Gasteiger partial charge in [-0.15, -0.1) is 0 Å². The first kappa shape index (κ1) is 13.6. The standard InChI is InChI=1S/C12H8BrClN2O3/c13-7-1-3-11(9(14)5-7)19-12-4-2-8(16(17)18)6-10(12)15/h1-6H,15H2. The minimum Gasteiger partial charge on any atom is -0.454 e. The maximum atomic E-state index is 10.6. The predicted octanol–water partition coefficient (Wildman–Crippen LogP) is 4.39. The molecule has 0 aliphatic rings. The quantitative estimate of drug-likeness (QED) is 0.509. The Hall–Kier alpha value is -1.79. The normalized spacial score (nSPS) is 10.2. The Labute approximate surface area is 122 Å². The molecule has 0 atom stereocenters. The van der Waals surface area contributed by atoms with E-state index in [9.17, 15) is 10.1 Å². The van der Waals surface area contributed by atoms with Gasteiger partial charge in [-0.1, -0.05) is 27.5 Å². The summed E-state index contributed by atoms with van der Waals surface area (Å²) in [7, 11) is 0. The number of nitrogens with zero attached hydrogens (tertiary/aromatic N) is 1. The van der Waals surface area contributed by atoms with Crippen LogP contribution in [0.25, 0.3) is 0 Å². The highest BCUT2D eigenvalue weighted by Gasteiger charge is 2.11. The lowest BCUT2D eigenvalue weighted by atomic mass is 10.2. The number of non-ortho nitro benzene ring substituents is 1. The van der Waals surface area contributed by atoms with Gasteiger partial charge >= 0.3 is 0 Å². The van der Waals surface area contributed by atoms with Crippen molar-refractivity contribution in [1.82, 2.24) is 0 Å². The van der Waals surface area contributed by atoms with E-state index in [2.05, 4.69) is 15.9 Å². The summed E-state index contributed by atoms with van der Waals surface area (Å²) < 4.78 is 6.35. The Bertz CT molecular complexity index is 649. The Morgan fingerprint density at radius 1 is 1.21 bits per heavy atom. The van der Waals surface area contributed by atoms with Gasteiger partial charge in [-0.2, -0.15) is 0 Å². The molecule has 0 saturated heterocycles. The van der Waals surface area contributed by atoms with Crippen LogP contribution in [0.3, 0.4) is 0 Å². The number of rotatable bonds is 3. The molecule has 0 aliphatic heterocycles. The molecule has 0 aliphatic carbocycles. The molecule has 2 N–H and O–H groups in total. The molecule has 0 radical (unpaired) electrons. The smallest absolute Gasteiger partial charge is 0.271 e. The Kier molecular flexibility index (Phi) is 3.92. The van der Waals surface area contributed by atoms with Crippen molar-refractivity contribution in [3.8, 4) is 11.5 Å². The average molecular weight is 344 g/mol. The van der Waals surface area contributed by atoms with Crippen molar-refractivity contribution in [1.29, 1.82) is 0 Å². The summed E-state index contributed by atoms with van der Waals surface area (Å²) in [6.45, 7) is 0. The van der Waals surface area contributed by atoms with E-state index >= 15 is 0 Å². The van der Waals surface area contributed by atoms with E-state index in [1.165, 1.54) is 18.2 Å². The number of halogens is 2. The Morgan fingerprint density at radius 2 is 1.89 bits per heavy atom. The molecule has 0 amide bonds. The van der Waals surface area contributed by atoms with E-state index in [1.54, 1.807) is 18.2 Å². The van der Waals surface area contributed by atoms with Crippen LogP contribution in [0.15, 0.2) is 40.9 Å². The highest BCUT2D eigenvalue weighted by atomic mass is 79.9. The summed E-state index contributed by atoms with van der Waals surface area (Å²) in [4.78, 5) is 10.1. The lowest BCUT2D eigenvalue weighted by Crippen LogP contribution is -1.95. The molecule has 98 valence electrons. The van der Waals surface area contributed by atoms with E-state index in [0.29, 0.717) is 16.5 Å². The third-order valence-electron chi connectivity index (χ3n) is 2.32. The minimum atomic E-state index is -0.521. The van der Waals surface area contributed by atoms with Gasteiger partial charge in [0.2, 0.25) is 0 Å². The number of ether oxygens (including phenoxy) is 1. The van der Waals surface area contributed by atoms with Crippen molar-refractivity contribution in [2.45, 2.75) is 0 Å². The largest absolute Gasteiger partial charge is 0.454 e. The van der Waals surface area contributed by atoms with Gasteiger partial charge < -0.3 is 10.5 Å². The Morgan fingerprint density at radius 3 is 2.47 bits per heavy atom. The van der Waals surface area contributed by atoms with Crippen molar-refractivity contribution in [2.75, 3.05) is 5.73 Å². The van der Waals surface area contributed by atoms with Gasteiger partial charge in [0.15, 0.2) is 5.75 Å². The highest BCUT2D eigenvalue weighted by Crippen LogP contribution is 2.35. The molecule has 2 rings (SSSR count). The molecule has 7 heteroatoms. The van der Waals surface area contributed by atoms with Crippen LogP contribution in [-0.2, 0) is 0 Å². The van der Waals surface area contributed by atoms with E-state index in [1.807, 2.05) is 0 Å². The lowest BCUT2D eigenvalue weighted by molar-refractivity contribution is -0.384. The second kappa shape index (κ2) is 5.46. The first-order valence-electron chi connectivity index (χ1n) is 5.14. The maximum Gasteiger partial charge on any atom is 0.271 e. The van der Waals surface area contributed by atoms with Crippen LogP contribution in [0.5, 0.6) is 11.5 Å². The van der Waals surface area contributed by atoms with E-state index in [4.69, 9.17) is 22.1 Å². The number of benzene rings is 2. The molecule has 0 spiro atoms. The molecule has 0 bridgehead atoms. The number of anilines is 1. The first-order chi connectivity index (χ1) is 8.97. The zero-order valence-electron chi connectivity index (χ0n) is 9.47. The zero-order valence-corrected chi connectivity index (χ0v) is 11.8. The molecule has 0 aromatic heterocycles. The number of hydrogen-bond acceptors (Lipinski definition) is 4. The van der Waals surface area contributed by atoms with Gasteiger partial charge in [0.25, 0.3) is 5.69 Å². The number of nitrogen functional groups attached to an aromatic ring is 1. The van der Waals surface area contributed by atoms with Gasteiger partial charge in [0, 0.05) is 16.6 Å². The number of hydrogen-bond donors (Lipinski definition) is 1. The fourth-order valence-corrected chi connectivity index (χ4v) is 2.13. The Balaban J connectivity index is 2.31. The molecule has 2 aromatic rings. The second-order valence-corrected chi connectivity index (χ2v) is 4.98. The summed E-state index contributed by atoms with van der Waals surface area (Å²) >= 11 is 9.29. The van der Waals surface area contributed by atoms with Crippen molar-refractivity contribution < 1.29 is 9.66 Å². The molecule has 5 nitrogen and oxygen atoms in total. The fourth-order valence-electron chi connectivity index (χ4n) is 1.42. The van der Waals surface area contributed by atoms with Crippen LogP contribution in [0.2, 0.25) is 5.02 Å². The summed E-state index contributed by atoms with van der Waals surface area (Å²) in [5.41, 5.74) is 5.79. The number of nitrogens with two attached hydrogens (primary N) is 1. The van der Waals surface area contributed by atoms with Gasteiger partial charge in [0.1, 0.15) is 5.75 Å². The zero-order chi connectivity index (χ0) is 14.0. The van der Waals surface area contributed by atoms with E-state index < -0.39 is 4.92 Å². The van der Waals surface area contributed by atoms with Crippen LogP contribution in [0, 0.1) is 10.1 Å². The molecular formula is C12H8BrClN2O3. The van der Waals surface area contributed by atoms with Gasteiger partial charge in [0.05, 0.1) is 15.6 Å². The topological polar surface area (TPSA) is 78.4 Å². The van der Waals surface area contributed by atoms with Gasteiger partial charge in [-0.05, 0) is 24.3 Å². The molecule has 0 saturated carbocycles. The fraction of sp³-hybridized carbons (Fsp3) is 0. The third kappa shape index (κ3) is 3.15. The monoisotopic (exact) mass is 342 g/mol. The van der Waals surface area contributed by atoms with Crippen molar-refractivity contribution in [3.63, 3.8) is 0 Å². The summed E-state index contributed by atoms with van der Waals surface area (Å²) in [5, 5.41) is 11.0. The van der Waals surface area contributed by atoms with Crippen LogP contribution in [-0.4, -0.2) is 4.92 Å². The SMILES string of the molecule is Nc1cc([N+](=O)[O-])ccc1Oc1ccc(Br)cc1Cl. The van der Waals surface area contributed by atoms with Crippen molar-refractivity contribution in [2.24, 2.45) is 0 Å². The summed E-state index contributed by atoms with van der Waals surface area (Å²) in [5.74, 6) is 0.736. The van der Waals surface area contributed by atoms with Crippen LogP contribution < -0.4 is 10.5 Å². The summed E-state index contributed by atoms with van der Waals surface area (Å²) in [6.07, 6.45) is 0. The molecule has 0 heterocycles. The minimum absolute atomic E-state index is 0.0910. The molecule has 2 aromatic carbocycles. The molecule has 0 fully saturated rings.